The van der Waals surface area contributed by atoms with Gasteiger partial charge in [-0.2, -0.15) is 5.26 Å². The quantitative estimate of drug-likeness (QED) is 0.872. The van der Waals surface area contributed by atoms with E-state index in [0.717, 1.165) is 17.7 Å². The molecule has 1 heterocycles. The van der Waals surface area contributed by atoms with Crippen molar-refractivity contribution in [3.8, 4) is 6.07 Å². The average Bonchev–Trinajstić information content (AvgIpc) is 2.66. The number of amides is 1. The van der Waals surface area contributed by atoms with Crippen molar-refractivity contribution in [2.45, 2.75) is 32.6 Å². The van der Waals surface area contributed by atoms with Gasteiger partial charge < -0.3 is 15.0 Å². The third-order valence-electron chi connectivity index (χ3n) is 4.55. The Kier molecular flexibility index (Phi) is 5.90. The molecule has 0 bridgehead atoms. The maximum absolute atomic E-state index is 13.9. The van der Waals surface area contributed by atoms with E-state index >= 15 is 0 Å². The zero-order valence-corrected chi connectivity index (χ0v) is 15.7. The van der Waals surface area contributed by atoms with Gasteiger partial charge in [0.1, 0.15) is 5.69 Å². The summed E-state index contributed by atoms with van der Waals surface area (Å²) in [7, 11) is 0. The van der Waals surface area contributed by atoms with E-state index in [1.54, 1.807) is 35.2 Å². The summed E-state index contributed by atoms with van der Waals surface area (Å²) in [6.07, 6.45) is -0.0122. The molecule has 0 radical (unpaired) electrons. The van der Waals surface area contributed by atoms with Crippen molar-refractivity contribution in [2.75, 3.05) is 18.4 Å². The predicted octanol–water partition coefficient (Wildman–Crippen LogP) is 3.70. The third kappa shape index (κ3) is 4.46. The molecule has 1 N–H and O–H groups in total. The molecular weight excluding hydrogens is 364 g/mol. The molecule has 28 heavy (non-hydrogen) atoms. The number of carbonyl (C=O) groups is 1. The molecule has 3 rings (SSSR count). The van der Waals surface area contributed by atoms with Gasteiger partial charge in [-0.1, -0.05) is 12.1 Å². The largest absolute Gasteiger partial charge is 0.376 e. The highest BCUT2D eigenvalue weighted by Crippen LogP contribution is 2.21. The molecule has 7 heteroatoms. The van der Waals surface area contributed by atoms with Crippen LogP contribution in [0.25, 0.3) is 0 Å². The van der Waals surface area contributed by atoms with Crippen LogP contribution in [-0.4, -0.2) is 36.1 Å². The Labute approximate surface area is 162 Å². The van der Waals surface area contributed by atoms with E-state index in [4.69, 9.17) is 10.00 Å². The fraction of sp³-hybridized carbons (Fsp3) is 0.333. The number of nitriles is 1. The third-order valence-corrected chi connectivity index (χ3v) is 4.55. The highest BCUT2D eigenvalue weighted by atomic mass is 19.1. The van der Waals surface area contributed by atoms with Gasteiger partial charge in [0, 0.05) is 25.2 Å². The highest BCUT2D eigenvalue weighted by Gasteiger charge is 2.26. The summed E-state index contributed by atoms with van der Waals surface area (Å²) in [6.45, 7) is 5.14. The first kappa shape index (κ1) is 19.8. The number of nitrogens with zero attached hydrogens (tertiary/aromatic N) is 2. The van der Waals surface area contributed by atoms with E-state index in [9.17, 15) is 13.6 Å². The molecule has 1 aliphatic rings. The summed E-state index contributed by atoms with van der Waals surface area (Å²) in [5, 5.41) is 11.4. The van der Waals surface area contributed by atoms with Crippen LogP contribution in [0.1, 0.15) is 35.3 Å². The van der Waals surface area contributed by atoms with Crippen LogP contribution in [0.15, 0.2) is 36.4 Å². The minimum absolute atomic E-state index is 0.00612. The van der Waals surface area contributed by atoms with Crippen LogP contribution in [0.5, 0.6) is 0 Å². The monoisotopic (exact) mass is 385 g/mol. The van der Waals surface area contributed by atoms with Gasteiger partial charge in [-0.3, -0.25) is 4.79 Å². The number of hydrogen-bond donors (Lipinski definition) is 1. The number of ether oxygens (including phenoxy) is 1. The van der Waals surface area contributed by atoms with Crippen LogP contribution in [-0.2, 0) is 11.3 Å². The minimum atomic E-state index is -0.820. The number of anilines is 1. The second kappa shape index (κ2) is 8.36. The van der Waals surface area contributed by atoms with E-state index < -0.39 is 11.6 Å². The average molecular weight is 385 g/mol. The molecule has 2 atom stereocenters. The van der Waals surface area contributed by atoms with Crippen LogP contribution in [0.3, 0.4) is 0 Å². The zero-order valence-electron chi connectivity index (χ0n) is 15.7. The molecule has 2 aromatic rings. The fourth-order valence-electron chi connectivity index (χ4n) is 3.29. The summed E-state index contributed by atoms with van der Waals surface area (Å²) < 4.78 is 33.5. The molecule has 1 amide bonds. The van der Waals surface area contributed by atoms with E-state index in [2.05, 4.69) is 5.32 Å². The van der Waals surface area contributed by atoms with Crippen molar-refractivity contribution in [1.82, 2.24) is 4.90 Å². The first-order chi connectivity index (χ1) is 13.4. The molecule has 0 spiro atoms. The number of nitrogens with one attached hydrogen (secondary N) is 1. The van der Waals surface area contributed by atoms with Crippen molar-refractivity contribution in [3.63, 3.8) is 0 Å². The normalized spacial score (nSPS) is 19.2. The van der Waals surface area contributed by atoms with Gasteiger partial charge >= 0.3 is 0 Å². The molecule has 0 unspecified atom stereocenters. The maximum atomic E-state index is 13.9. The topological polar surface area (TPSA) is 65.4 Å². The first-order valence-corrected chi connectivity index (χ1v) is 9.04. The van der Waals surface area contributed by atoms with Crippen molar-refractivity contribution < 1.29 is 18.3 Å². The lowest BCUT2D eigenvalue weighted by Crippen LogP contribution is -2.48. The number of morpholine rings is 1. The summed E-state index contributed by atoms with van der Waals surface area (Å²) in [5.74, 6) is -1.71. The Morgan fingerprint density at radius 1 is 1.18 bits per heavy atom. The maximum Gasteiger partial charge on any atom is 0.254 e. The van der Waals surface area contributed by atoms with Crippen molar-refractivity contribution in [1.29, 1.82) is 5.26 Å². The smallest absolute Gasteiger partial charge is 0.254 e. The lowest BCUT2D eigenvalue weighted by molar-refractivity contribution is -0.0586. The van der Waals surface area contributed by atoms with E-state index in [0.29, 0.717) is 18.7 Å². The van der Waals surface area contributed by atoms with Gasteiger partial charge in [0.25, 0.3) is 5.91 Å². The highest BCUT2D eigenvalue weighted by molar-refractivity contribution is 5.94. The summed E-state index contributed by atoms with van der Waals surface area (Å²) >= 11 is 0. The summed E-state index contributed by atoms with van der Waals surface area (Å²) in [6, 6.07) is 10.6. The van der Waals surface area contributed by atoms with E-state index in [1.807, 2.05) is 13.8 Å². The van der Waals surface area contributed by atoms with Gasteiger partial charge in [-0.25, -0.2) is 8.78 Å². The number of rotatable bonds is 4. The van der Waals surface area contributed by atoms with Gasteiger partial charge in [-0.15, -0.1) is 0 Å². The van der Waals surface area contributed by atoms with Crippen LogP contribution in [0.4, 0.5) is 14.5 Å². The van der Waals surface area contributed by atoms with Gasteiger partial charge in [0.15, 0.2) is 11.6 Å². The molecule has 146 valence electrons. The van der Waals surface area contributed by atoms with Crippen molar-refractivity contribution >= 4 is 11.6 Å². The van der Waals surface area contributed by atoms with Gasteiger partial charge in [0.2, 0.25) is 0 Å². The minimum Gasteiger partial charge on any atom is -0.376 e. The molecule has 1 aliphatic heterocycles. The zero-order chi connectivity index (χ0) is 20.3. The first-order valence-electron chi connectivity index (χ1n) is 9.04. The molecule has 0 saturated carbocycles. The fourth-order valence-corrected chi connectivity index (χ4v) is 3.29. The molecule has 1 saturated heterocycles. The van der Waals surface area contributed by atoms with Crippen molar-refractivity contribution in [3.05, 3.63) is 64.7 Å². The van der Waals surface area contributed by atoms with Crippen LogP contribution < -0.4 is 5.32 Å². The Balaban J connectivity index is 1.65. The Hall–Kier alpha value is -2.98. The standard InChI is InChI=1S/C21H21F2N3O2/c1-13-11-26(12-14(2)28-13)21(27)17-5-3-15(4-6-17)10-25-20-18(22)7-16(9-24)8-19(20)23/h3-8,13-14,25H,10-12H2,1-2H3/t13-,14+. The molecule has 0 aliphatic carbocycles. The molecule has 5 nitrogen and oxygen atoms in total. The molecule has 1 fully saturated rings. The number of hydrogen-bond acceptors (Lipinski definition) is 4. The lowest BCUT2D eigenvalue weighted by atomic mass is 10.1. The Morgan fingerprint density at radius 2 is 1.75 bits per heavy atom. The number of halogens is 2. The van der Waals surface area contributed by atoms with Crippen LogP contribution in [0, 0.1) is 23.0 Å². The number of carbonyl (C=O) groups excluding carboxylic acids is 1. The summed E-state index contributed by atoms with van der Waals surface area (Å²) in [5.41, 5.74) is 0.967. The van der Waals surface area contributed by atoms with E-state index in [-0.39, 0.29) is 35.9 Å². The second-order valence-corrected chi connectivity index (χ2v) is 6.94. The van der Waals surface area contributed by atoms with Crippen molar-refractivity contribution in [2.24, 2.45) is 0 Å². The predicted molar refractivity (Wildman–Crippen MR) is 101 cm³/mol. The summed E-state index contributed by atoms with van der Waals surface area (Å²) in [4.78, 5) is 14.4. The SMILES string of the molecule is C[C@@H]1CN(C(=O)c2ccc(CNc3c(F)cc(C#N)cc3F)cc2)C[C@H](C)O1. The molecule has 2 aromatic carbocycles. The van der Waals surface area contributed by atoms with Crippen LogP contribution in [0.2, 0.25) is 0 Å². The lowest BCUT2D eigenvalue weighted by Gasteiger charge is -2.35. The van der Waals surface area contributed by atoms with Gasteiger partial charge in [0.05, 0.1) is 23.8 Å². The Morgan fingerprint density at radius 3 is 2.29 bits per heavy atom. The molecule has 0 aromatic heterocycles. The van der Waals surface area contributed by atoms with Crippen LogP contribution >= 0.6 is 0 Å². The van der Waals surface area contributed by atoms with Gasteiger partial charge in [-0.05, 0) is 43.7 Å². The number of benzene rings is 2. The Bertz CT molecular complexity index is 876. The second-order valence-electron chi connectivity index (χ2n) is 6.94. The molecular formula is C21H21F2N3O2. The van der Waals surface area contributed by atoms with E-state index in [1.165, 1.54) is 0 Å².